The Morgan fingerprint density at radius 2 is 1.51 bits per heavy atom. The number of nitrogens with zero attached hydrogens (tertiary/aromatic N) is 3. The van der Waals surface area contributed by atoms with E-state index in [9.17, 15) is 24.6 Å². The van der Waals surface area contributed by atoms with Crippen LogP contribution in [0.2, 0.25) is 0 Å². The predicted molar refractivity (Wildman–Crippen MR) is 124 cm³/mol. The third-order valence-corrected chi connectivity index (χ3v) is 7.84. The van der Waals surface area contributed by atoms with Crippen molar-refractivity contribution in [1.29, 1.82) is 0 Å². The van der Waals surface area contributed by atoms with E-state index in [-0.39, 0.29) is 17.9 Å². The van der Waals surface area contributed by atoms with Crippen LogP contribution in [0.25, 0.3) is 21.5 Å². The summed E-state index contributed by atoms with van der Waals surface area (Å²) in [6.45, 7) is 1.63. The number of carboxylic acid groups (broad SMARTS) is 2. The molecule has 0 spiro atoms. The minimum Gasteiger partial charge on any atom is -0.465 e. The van der Waals surface area contributed by atoms with Crippen molar-refractivity contribution in [3.05, 3.63) is 59.7 Å². The molecular weight excluding hydrogens is 452 g/mol. The van der Waals surface area contributed by atoms with Gasteiger partial charge in [-0.3, -0.25) is 14.8 Å². The third kappa shape index (κ3) is 2.31. The second-order valence-corrected chi connectivity index (χ2v) is 9.47. The summed E-state index contributed by atoms with van der Waals surface area (Å²) in [4.78, 5) is 42.0. The fraction of sp³-hybridized carbons (Fsp3) is 0.250. The molecule has 1 saturated heterocycles. The molecule has 176 valence electrons. The van der Waals surface area contributed by atoms with E-state index in [1.807, 2.05) is 48.5 Å². The predicted octanol–water partition coefficient (Wildman–Crippen LogP) is 2.11. The SMILES string of the molecule is C[C@@]1(NC(=O)O)C(=O)C2=NC3C4[C@H](c5c6ccccc6c(c6ccccc56)C31)N(NNC(=O)O)N24. The maximum absolute atomic E-state index is 13.9. The van der Waals surface area contributed by atoms with Gasteiger partial charge in [0.25, 0.3) is 0 Å². The van der Waals surface area contributed by atoms with Crippen LogP contribution in [0.15, 0.2) is 53.5 Å². The second kappa shape index (κ2) is 6.46. The van der Waals surface area contributed by atoms with Crippen LogP contribution in [-0.4, -0.2) is 61.8 Å². The van der Waals surface area contributed by atoms with Crippen LogP contribution in [0, 0.1) is 0 Å². The fourth-order valence-electron chi connectivity index (χ4n) is 6.67. The Kier molecular flexibility index (Phi) is 3.73. The Morgan fingerprint density at radius 3 is 2.06 bits per heavy atom. The van der Waals surface area contributed by atoms with Crippen LogP contribution in [0.1, 0.15) is 30.0 Å². The van der Waals surface area contributed by atoms with Gasteiger partial charge in [0.15, 0.2) is 5.84 Å². The first-order valence-corrected chi connectivity index (χ1v) is 11.2. The minimum absolute atomic E-state index is 0.110. The lowest BCUT2D eigenvalue weighted by atomic mass is 9.65. The van der Waals surface area contributed by atoms with Gasteiger partial charge >= 0.3 is 12.2 Å². The van der Waals surface area contributed by atoms with Crippen molar-refractivity contribution < 1.29 is 24.6 Å². The number of hydrazine groups is 3. The van der Waals surface area contributed by atoms with Crippen LogP contribution in [0.5, 0.6) is 0 Å². The van der Waals surface area contributed by atoms with Gasteiger partial charge in [-0.15, -0.1) is 10.7 Å². The van der Waals surface area contributed by atoms with Crippen molar-refractivity contribution in [1.82, 2.24) is 26.4 Å². The molecule has 2 aliphatic carbocycles. The first kappa shape index (κ1) is 20.2. The molecule has 5 atom stereocenters. The Hall–Kier alpha value is -4.22. The van der Waals surface area contributed by atoms with Crippen LogP contribution >= 0.6 is 0 Å². The number of amidine groups is 1. The molecule has 2 amide bonds. The summed E-state index contributed by atoms with van der Waals surface area (Å²) < 4.78 is 0. The molecule has 5 N–H and O–H groups in total. The molecule has 0 radical (unpaired) electrons. The molecular formula is C24H20N6O5. The van der Waals surface area contributed by atoms with Crippen LogP contribution in [-0.2, 0) is 4.79 Å². The Labute approximate surface area is 197 Å². The molecule has 3 aromatic carbocycles. The largest absolute Gasteiger partial charge is 0.465 e. The van der Waals surface area contributed by atoms with E-state index in [0.717, 1.165) is 32.7 Å². The van der Waals surface area contributed by atoms with E-state index in [2.05, 4.69) is 16.3 Å². The smallest absolute Gasteiger partial charge is 0.420 e. The average molecular weight is 472 g/mol. The molecule has 11 heteroatoms. The van der Waals surface area contributed by atoms with E-state index in [1.54, 1.807) is 17.1 Å². The molecule has 1 fully saturated rings. The lowest BCUT2D eigenvalue weighted by Gasteiger charge is -2.56. The highest BCUT2D eigenvalue weighted by molar-refractivity contribution is 6.44. The minimum atomic E-state index is -1.48. The number of hydrogen-bond acceptors (Lipinski definition) is 7. The first-order valence-electron chi connectivity index (χ1n) is 11.2. The highest BCUT2D eigenvalue weighted by atomic mass is 16.4. The number of ketones is 1. The maximum Gasteiger partial charge on any atom is 0.420 e. The van der Waals surface area contributed by atoms with Gasteiger partial charge in [0, 0.05) is 5.92 Å². The Morgan fingerprint density at radius 1 is 0.943 bits per heavy atom. The highest BCUT2D eigenvalue weighted by Gasteiger charge is 2.69. The van der Waals surface area contributed by atoms with Gasteiger partial charge in [-0.05, 0) is 39.6 Å². The number of Topliss-reactive ketones (excluding diaryl/α,β-unsaturated/α-hetero) is 1. The number of amides is 2. The molecule has 11 nitrogen and oxygen atoms in total. The molecule has 0 saturated carbocycles. The number of carbonyl (C=O) groups is 3. The lowest BCUT2D eigenvalue weighted by molar-refractivity contribution is -0.202. The molecule has 3 heterocycles. The topological polar surface area (TPSA) is 147 Å². The van der Waals surface area contributed by atoms with Gasteiger partial charge in [-0.1, -0.05) is 48.5 Å². The van der Waals surface area contributed by atoms with E-state index < -0.39 is 35.5 Å². The average Bonchev–Trinajstić information content (AvgIpc) is 3.07. The van der Waals surface area contributed by atoms with Gasteiger partial charge in [0.2, 0.25) is 5.78 Å². The standard InChI is InChI=1S/C24H20N6O5/c1-24(26-22(32)33)16-14-10-6-2-4-8-12(10)15(13-9-5-3-7-11(13)14)18-19-17(16)25-21(20(24)31)29(19)30(18)28-27-23(34)35/h2-9,16-19,26-28H,1H3,(H,32,33)(H,34,35)/t16?,17?,18-,19?,24-/m0/s1. The molecule has 0 aromatic heterocycles. The van der Waals surface area contributed by atoms with E-state index in [0.29, 0.717) is 0 Å². The third-order valence-electron chi connectivity index (χ3n) is 7.84. The zero-order valence-electron chi connectivity index (χ0n) is 18.4. The monoisotopic (exact) mass is 472 g/mol. The van der Waals surface area contributed by atoms with Crippen molar-refractivity contribution in [2.45, 2.75) is 36.5 Å². The summed E-state index contributed by atoms with van der Waals surface area (Å²) in [7, 11) is 0. The van der Waals surface area contributed by atoms with Crippen LogP contribution in [0.4, 0.5) is 9.59 Å². The second-order valence-electron chi connectivity index (χ2n) is 9.47. The summed E-state index contributed by atoms with van der Waals surface area (Å²) in [6.07, 6.45) is -2.58. The number of hydrogen-bond donors (Lipinski definition) is 5. The normalized spacial score (nSPS) is 30.0. The van der Waals surface area contributed by atoms with Crippen molar-refractivity contribution in [2.24, 2.45) is 4.99 Å². The molecule has 35 heavy (non-hydrogen) atoms. The number of aliphatic imine (C=N–C) groups is 1. The zero-order chi connectivity index (χ0) is 24.2. The van der Waals surface area contributed by atoms with Crippen molar-refractivity contribution in [3.8, 4) is 0 Å². The Balaban J connectivity index is 1.62. The van der Waals surface area contributed by atoms with Crippen molar-refractivity contribution >= 4 is 45.4 Å². The number of benzene rings is 3. The van der Waals surface area contributed by atoms with Crippen molar-refractivity contribution in [2.75, 3.05) is 0 Å². The lowest BCUT2D eigenvalue weighted by Crippen LogP contribution is -2.74. The summed E-state index contributed by atoms with van der Waals surface area (Å²) in [5, 5.41) is 28.6. The van der Waals surface area contributed by atoms with Gasteiger partial charge in [0.05, 0.1) is 18.1 Å². The van der Waals surface area contributed by atoms with E-state index in [4.69, 9.17) is 4.99 Å². The van der Waals surface area contributed by atoms with Gasteiger partial charge < -0.3 is 15.5 Å². The molecule has 8 rings (SSSR count). The zero-order valence-corrected chi connectivity index (χ0v) is 18.4. The number of fused-ring (bicyclic) bond motifs is 1. The van der Waals surface area contributed by atoms with Gasteiger partial charge in [-0.25, -0.2) is 15.0 Å². The van der Waals surface area contributed by atoms with Crippen molar-refractivity contribution in [3.63, 3.8) is 0 Å². The summed E-state index contributed by atoms with van der Waals surface area (Å²) >= 11 is 0. The maximum atomic E-state index is 13.9. The molecule has 4 bridgehead atoms. The quantitative estimate of drug-likeness (QED) is 0.288. The molecule has 3 unspecified atom stereocenters. The summed E-state index contributed by atoms with van der Waals surface area (Å²) in [5.41, 5.74) is 5.33. The van der Waals surface area contributed by atoms with E-state index >= 15 is 0 Å². The fourth-order valence-corrected chi connectivity index (χ4v) is 6.67. The number of rotatable bonds is 3. The highest BCUT2D eigenvalue weighted by Crippen LogP contribution is 2.59. The molecule has 5 aliphatic rings. The van der Waals surface area contributed by atoms with E-state index in [1.165, 1.54) is 0 Å². The molecule has 3 aromatic rings. The Bertz CT molecular complexity index is 1480. The number of carbonyl (C=O) groups excluding carboxylic acids is 1. The van der Waals surface area contributed by atoms with Gasteiger partial charge in [0.1, 0.15) is 5.54 Å². The van der Waals surface area contributed by atoms with Gasteiger partial charge in [-0.2, -0.15) is 0 Å². The summed E-state index contributed by atoms with van der Waals surface area (Å²) in [6, 6.07) is 14.7. The first-order chi connectivity index (χ1) is 16.8. The molecule has 3 aliphatic heterocycles. The van der Waals surface area contributed by atoms with Crippen LogP contribution < -0.4 is 16.3 Å². The number of nitrogens with one attached hydrogen (secondary N) is 3. The van der Waals surface area contributed by atoms with Crippen LogP contribution in [0.3, 0.4) is 0 Å². The summed E-state index contributed by atoms with van der Waals surface area (Å²) in [5.74, 6) is -0.924.